The maximum absolute atomic E-state index is 12.5. The second-order valence-electron chi connectivity index (χ2n) is 5.64. The van der Waals surface area contributed by atoms with Crippen molar-refractivity contribution in [1.82, 2.24) is 4.90 Å². The van der Waals surface area contributed by atoms with Gasteiger partial charge in [-0.2, -0.15) is 0 Å². The lowest BCUT2D eigenvalue weighted by Gasteiger charge is -2.33. The minimum absolute atomic E-state index is 0.0320. The van der Waals surface area contributed by atoms with Gasteiger partial charge in [0.15, 0.2) is 0 Å². The molecule has 1 aliphatic carbocycles. The van der Waals surface area contributed by atoms with Crippen molar-refractivity contribution in [2.75, 3.05) is 7.05 Å². The van der Waals surface area contributed by atoms with Crippen LogP contribution in [0.3, 0.4) is 0 Å². The lowest BCUT2D eigenvalue weighted by atomic mass is 9.84. The van der Waals surface area contributed by atoms with E-state index in [0.29, 0.717) is 0 Å². The molecule has 1 aromatic heterocycles. The first-order chi connectivity index (χ1) is 9.09. The first kappa shape index (κ1) is 14.5. The fourth-order valence-electron chi connectivity index (χ4n) is 2.80. The van der Waals surface area contributed by atoms with Crippen molar-refractivity contribution >= 4 is 17.2 Å². The van der Waals surface area contributed by atoms with Gasteiger partial charge >= 0.3 is 0 Å². The van der Waals surface area contributed by atoms with E-state index in [0.717, 1.165) is 25.7 Å². The number of carbonyl (C=O) groups is 1. The molecule has 1 amide bonds. The van der Waals surface area contributed by atoms with E-state index in [-0.39, 0.29) is 23.9 Å². The Kier molecular flexibility index (Phi) is 4.99. The number of hydrogen-bond donors (Lipinski definition) is 1. The van der Waals surface area contributed by atoms with Crippen molar-refractivity contribution in [2.45, 2.75) is 51.1 Å². The summed E-state index contributed by atoms with van der Waals surface area (Å²) in [6, 6.07) is 4.48. The van der Waals surface area contributed by atoms with Gasteiger partial charge in [-0.05, 0) is 31.2 Å². The van der Waals surface area contributed by atoms with Gasteiger partial charge in [0.1, 0.15) is 0 Å². The van der Waals surface area contributed by atoms with Crippen LogP contribution < -0.4 is 5.73 Å². The molecule has 0 spiro atoms. The summed E-state index contributed by atoms with van der Waals surface area (Å²) in [5.74, 6) is 0.265. The average Bonchev–Trinajstić information content (AvgIpc) is 2.90. The second kappa shape index (κ2) is 6.53. The highest BCUT2D eigenvalue weighted by Crippen LogP contribution is 2.25. The van der Waals surface area contributed by atoms with Gasteiger partial charge in [0.05, 0.1) is 5.92 Å². The lowest BCUT2D eigenvalue weighted by Crippen LogP contribution is -2.47. The maximum atomic E-state index is 12.5. The average molecular weight is 280 g/mol. The number of hydrogen-bond acceptors (Lipinski definition) is 3. The Morgan fingerprint density at radius 2 is 2.26 bits per heavy atom. The van der Waals surface area contributed by atoms with Gasteiger partial charge < -0.3 is 10.6 Å². The fraction of sp³-hybridized carbons (Fsp3) is 0.667. The van der Waals surface area contributed by atoms with Gasteiger partial charge in [-0.25, -0.2) is 0 Å². The van der Waals surface area contributed by atoms with E-state index in [4.69, 9.17) is 5.73 Å². The van der Waals surface area contributed by atoms with E-state index in [9.17, 15) is 4.79 Å². The minimum Gasteiger partial charge on any atom is -0.342 e. The van der Waals surface area contributed by atoms with E-state index in [1.807, 2.05) is 11.9 Å². The van der Waals surface area contributed by atoms with Crippen LogP contribution in [0.2, 0.25) is 0 Å². The molecular weight excluding hydrogens is 256 g/mol. The monoisotopic (exact) mass is 280 g/mol. The molecule has 106 valence electrons. The third-order valence-electron chi connectivity index (χ3n) is 4.22. The molecule has 19 heavy (non-hydrogen) atoms. The Labute approximate surface area is 119 Å². The molecule has 0 aromatic carbocycles. The molecule has 3 atom stereocenters. The molecule has 2 rings (SSSR count). The van der Waals surface area contributed by atoms with Crippen LogP contribution in [0, 0.1) is 5.92 Å². The van der Waals surface area contributed by atoms with E-state index in [2.05, 4.69) is 24.4 Å². The van der Waals surface area contributed by atoms with Crippen molar-refractivity contribution in [1.29, 1.82) is 0 Å². The number of amides is 1. The number of carbonyl (C=O) groups excluding carboxylic acids is 1. The summed E-state index contributed by atoms with van der Waals surface area (Å²) in [5, 5.41) is 2.08. The summed E-state index contributed by atoms with van der Waals surface area (Å²) in [5.41, 5.74) is 6.11. The predicted molar refractivity (Wildman–Crippen MR) is 80.2 cm³/mol. The van der Waals surface area contributed by atoms with Crippen LogP contribution in [0.5, 0.6) is 0 Å². The summed E-state index contributed by atoms with van der Waals surface area (Å²) < 4.78 is 0. The van der Waals surface area contributed by atoms with Crippen molar-refractivity contribution in [3.8, 4) is 0 Å². The first-order valence-electron chi connectivity index (χ1n) is 7.14. The molecule has 0 bridgehead atoms. The lowest BCUT2D eigenvalue weighted by molar-refractivity contribution is -0.137. The third kappa shape index (κ3) is 3.57. The Hall–Kier alpha value is -0.870. The van der Waals surface area contributed by atoms with Crippen molar-refractivity contribution in [3.63, 3.8) is 0 Å². The van der Waals surface area contributed by atoms with Gasteiger partial charge in [-0.3, -0.25) is 4.79 Å². The third-order valence-corrected chi connectivity index (χ3v) is 5.12. The number of rotatable bonds is 4. The highest BCUT2D eigenvalue weighted by molar-refractivity contribution is 7.09. The fourth-order valence-corrected chi connectivity index (χ4v) is 3.63. The second-order valence-corrected chi connectivity index (χ2v) is 6.67. The smallest absolute Gasteiger partial charge is 0.227 e. The van der Waals surface area contributed by atoms with Crippen LogP contribution in [-0.4, -0.2) is 29.9 Å². The Balaban J connectivity index is 1.93. The van der Waals surface area contributed by atoms with Crippen LogP contribution in [0.25, 0.3) is 0 Å². The molecule has 1 aromatic rings. The van der Waals surface area contributed by atoms with E-state index >= 15 is 0 Å². The Morgan fingerprint density at radius 1 is 1.53 bits per heavy atom. The van der Waals surface area contributed by atoms with Gasteiger partial charge in [-0.1, -0.05) is 18.9 Å². The van der Waals surface area contributed by atoms with Gasteiger partial charge in [0.25, 0.3) is 0 Å². The van der Waals surface area contributed by atoms with E-state index in [1.54, 1.807) is 11.3 Å². The van der Waals surface area contributed by atoms with Gasteiger partial charge in [0, 0.05) is 30.4 Å². The summed E-state index contributed by atoms with van der Waals surface area (Å²) in [6.07, 6.45) is 5.18. The molecule has 0 aliphatic heterocycles. The Morgan fingerprint density at radius 3 is 2.89 bits per heavy atom. The predicted octanol–water partition coefficient (Wildman–Crippen LogP) is 2.66. The largest absolute Gasteiger partial charge is 0.342 e. The summed E-state index contributed by atoms with van der Waals surface area (Å²) in [6.45, 7) is 2.12. The summed E-state index contributed by atoms with van der Waals surface area (Å²) in [7, 11) is 1.92. The molecule has 3 unspecified atom stereocenters. The highest BCUT2D eigenvalue weighted by atomic mass is 32.1. The molecule has 1 heterocycles. The van der Waals surface area contributed by atoms with Gasteiger partial charge in [0.2, 0.25) is 5.91 Å². The van der Waals surface area contributed by atoms with Crippen molar-refractivity contribution in [2.24, 2.45) is 11.7 Å². The zero-order valence-electron chi connectivity index (χ0n) is 11.8. The van der Waals surface area contributed by atoms with Crippen molar-refractivity contribution < 1.29 is 4.79 Å². The normalized spacial score (nSPS) is 25.0. The number of nitrogens with zero attached hydrogens (tertiary/aromatic N) is 1. The molecule has 3 nitrogen and oxygen atoms in total. The van der Waals surface area contributed by atoms with Crippen molar-refractivity contribution in [3.05, 3.63) is 22.4 Å². The minimum atomic E-state index is 0.0320. The molecular formula is C15H24N2OS. The van der Waals surface area contributed by atoms with Crippen LogP contribution in [-0.2, 0) is 11.2 Å². The quantitative estimate of drug-likeness (QED) is 0.921. The zero-order valence-corrected chi connectivity index (χ0v) is 12.7. The summed E-state index contributed by atoms with van der Waals surface area (Å²) >= 11 is 1.75. The van der Waals surface area contributed by atoms with Crippen LogP contribution in [0.4, 0.5) is 0 Å². The standard InChI is InChI=1S/C15H24N2OS/c1-11(10-12-6-5-9-19-12)17(2)15(18)13-7-3-4-8-14(13)16/h5-6,9,11,13-14H,3-4,7-8,10,16H2,1-2H3. The molecule has 2 N–H and O–H groups in total. The number of thiophene rings is 1. The Bertz CT molecular complexity index is 404. The van der Waals surface area contributed by atoms with Gasteiger partial charge in [-0.15, -0.1) is 11.3 Å². The molecule has 0 radical (unpaired) electrons. The number of likely N-dealkylation sites (N-methyl/N-ethyl adjacent to an activating group) is 1. The molecule has 4 heteroatoms. The SMILES string of the molecule is CC(Cc1cccs1)N(C)C(=O)C1CCCCC1N. The molecule has 1 saturated carbocycles. The van der Waals surface area contributed by atoms with E-state index in [1.165, 1.54) is 11.3 Å². The topological polar surface area (TPSA) is 46.3 Å². The number of nitrogens with two attached hydrogens (primary N) is 1. The maximum Gasteiger partial charge on any atom is 0.227 e. The molecule has 1 aliphatic rings. The summed E-state index contributed by atoms with van der Waals surface area (Å²) in [4.78, 5) is 15.8. The van der Waals surface area contributed by atoms with Crippen LogP contribution in [0.1, 0.15) is 37.5 Å². The highest BCUT2D eigenvalue weighted by Gasteiger charge is 2.31. The first-order valence-corrected chi connectivity index (χ1v) is 8.02. The molecule has 1 fully saturated rings. The zero-order chi connectivity index (χ0) is 13.8. The van der Waals surface area contributed by atoms with E-state index < -0.39 is 0 Å². The van der Waals surface area contributed by atoms with Crippen LogP contribution >= 0.6 is 11.3 Å². The van der Waals surface area contributed by atoms with Crippen LogP contribution in [0.15, 0.2) is 17.5 Å². The molecule has 0 saturated heterocycles.